The van der Waals surface area contributed by atoms with Crippen LogP contribution in [0.25, 0.3) is 10.9 Å². The van der Waals surface area contributed by atoms with Gasteiger partial charge in [-0.25, -0.2) is 0 Å². The van der Waals surface area contributed by atoms with E-state index < -0.39 is 0 Å². The molecule has 0 amide bonds. The largest absolute Gasteiger partial charge is 0.374 e. The summed E-state index contributed by atoms with van der Waals surface area (Å²) in [5.74, 6) is 0. The van der Waals surface area contributed by atoms with Crippen molar-refractivity contribution >= 4 is 27.9 Å². The van der Waals surface area contributed by atoms with Crippen molar-refractivity contribution < 1.29 is 0 Å². The summed E-state index contributed by atoms with van der Waals surface area (Å²) in [6, 6.07) is 14.7. The molecule has 0 radical (unpaired) electrons. The lowest BCUT2D eigenvalue weighted by molar-refractivity contribution is 0.886. The fourth-order valence-corrected chi connectivity index (χ4v) is 3.18. The Kier molecular flexibility index (Phi) is 4.18. The zero-order valence-electron chi connectivity index (χ0n) is 12.1. The van der Waals surface area contributed by atoms with Crippen molar-refractivity contribution in [2.45, 2.75) is 13.0 Å². The van der Waals surface area contributed by atoms with Gasteiger partial charge in [0.05, 0.1) is 11.2 Å². The summed E-state index contributed by atoms with van der Waals surface area (Å²) < 4.78 is 0. The molecule has 3 aromatic rings. The van der Waals surface area contributed by atoms with Crippen LogP contribution in [0.1, 0.15) is 10.6 Å². The molecule has 1 aromatic carbocycles. The molecular weight excluding hydrogens is 278 g/mol. The lowest BCUT2D eigenvalue weighted by Gasteiger charge is -2.21. The summed E-state index contributed by atoms with van der Waals surface area (Å²) in [5.41, 5.74) is 8.94. The third-order valence-corrected chi connectivity index (χ3v) is 4.58. The zero-order chi connectivity index (χ0) is 14.7. The molecule has 0 saturated carbocycles. The molecule has 0 saturated heterocycles. The van der Waals surface area contributed by atoms with Gasteiger partial charge in [-0.3, -0.25) is 4.98 Å². The Morgan fingerprint density at radius 1 is 1.19 bits per heavy atom. The molecule has 2 heterocycles. The van der Waals surface area contributed by atoms with Crippen LogP contribution in [-0.2, 0) is 13.0 Å². The predicted molar refractivity (Wildman–Crippen MR) is 90.9 cm³/mol. The number of nitrogens with two attached hydrogens (primary N) is 1. The van der Waals surface area contributed by atoms with Gasteiger partial charge in [0.1, 0.15) is 0 Å². The number of hydrogen-bond donors (Lipinski definition) is 1. The number of fused-ring (bicyclic) bond motifs is 1. The van der Waals surface area contributed by atoms with E-state index in [1.807, 2.05) is 23.5 Å². The normalized spacial score (nSPS) is 11.0. The van der Waals surface area contributed by atoms with E-state index in [4.69, 9.17) is 5.73 Å². The maximum atomic E-state index is 5.78. The Balaban J connectivity index is 1.90. The molecule has 2 aromatic heterocycles. The highest BCUT2D eigenvalue weighted by molar-refractivity contribution is 7.09. The minimum absolute atomic E-state index is 0.469. The van der Waals surface area contributed by atoms with Crippen molar-refractivity contribution in [2.75, 3.05) is 18.5 Å². The highest BCUT2D eigenvalue weighted by Crippen LogP contribution is 2.26. The highest BCUT2D eigenvalue weighted by Gasteiger charge is 2.09. The molecule has 3 nitrogen and oxygen atoms in total. The summed E-state index contributed by atoms with van der Waals surface area (Å²) in [7, 11) is 2.13. The summed E-state index contributed by atoms with van der Waals surface area (Å²) >= 11 is 1.81. The fourth-order valence-electron chi connectivity index (χ4n) is 2.48. The van der Waals surface area contributed by atoms with Crippen LogP contribution in [-0.4, -0.2) is 18.6 Å². The van der Waals surface area contributed by atoms with E-state index in [1.54, 1.807) is 0 Å². The van der Waals surface area contributed by atoms with Gasteiger partial charge in [0.15, 0.2) is 0 Å². The van der Waals surface area contributed by atoms with Gasteiger partial charge in [-0.2, -0.15) is 0 Å². The van der Waals surface area contributed by atoms with Crippen molar-refractivity contribution in [1.82, 2.24) is 4.98 Å². The predicted octanol–water partition coefficient (Wildman–Crippen LogP) is 3.43. The second kappa shape index (κ2) is 6.24. The fraction of sp³-hybridized carbons (Fsp3) is 0.235. The molecule has 0 aliphatic rings. The molecule has 0 spiro atoms. The minimum Gasteiger partial charge on any atom is -0.374 e. The van der Waals surface area contributed by atoms with Crippen LogP contribution in [0.15, 0.2) is 47.8 Å². The van der Waals surface area contributed by atoms with Gasteiger partial charge in [0.25, 0.3) is 0 Å². The van der Waals surface area contributed by atoms with E-state index in [9.17, 15) is 0 Å². The number of likely N-dealkylation sites (N-methyl/N-ethyl adjacent to an activating group) is 1. The molecule has 0 aliphatic carbocycles. The third-order valence-electron chi connectivity index (χ3n) is 3.64. The van der Waals surface area contributed by atoms with Crippen LogP contribution in [0.3, 0.4) is 0 Å². The van der Waals surface area contributed by atoms with Crippen molar-refractivity contribution in [3.05, 3.63) is 58.4 Å². The van der Waals surface area contributed by atoms with Crippen molar-refractivity contribution in [3.63, 3.8) is 0 Å². The Labute approximate surface area is 129 Å². The van der Waals surface area contributed by atoms with Crippen LogP contribution in [0, 0.1) is 0 Å². The van der Waals surface area contributed by atoms with Crippen molar-refractivity contribution in [2.24, 2.45) is 5.73 Å². The highest BCUT2D eigenvalue weighted by atomic mass is 32.1. The molecule has 0 unspecified atom stereocenters. The number of anilines is 1. The molecule has 108 valence electrons. The Morgan fingerprint density at radius 2 is 2.05 bits per heavy atom. The van der Waals surface area contributed by atoms with Crippen LogP contribution >= 0.6 is 11.3 Å². The van der Waals surface area contributed by atoms with E-state index in [0.717, 1.165) is 24.2 Å². The van der Waals surface area contributed by atoms with E-state index in [1.165, 1.54) is 16.0 Å². The van der Waals surface area contributed by atoms with Crippen molar-refractivity contribution in [3.8, 4) is 0 Å². The van der Waals surface area contributed by atoms with E-state index in [-0.39, 0.29) is 0 Å². The van der Waals surface area contributed by atoms with Gasteiger partial charge < -0.3 is 10.6 Å². The van der Waals surface area contributed by atoms with Gasteiger partial charge >= 0.3 is 0 Å². The summed E-state index contributed by atoms with van der Waals surface area (Å²) in [4.78, 5) is 8.31. The second-order valence-corrected chi connectivity index (χ2v) is 6.14. The van der Waals surface area contributed by atoms with Gasteiger partial charge in [-0.15, -0.1) is 11.3 Å². The van der Waals surface area contributed by atoms with E-state index >= 15 is 0 Å². The molecule has 0 fully saturated rings. The first-order valence-electron chi connectivity index (χ1n) is 7.10. The summed E-state index contributed by atoms with van der Waals surface area (Å²) in [6.07, 6.45) is 1.06. The molecule has 0 aliphatic heterocycles. The number of rotatable bonds is 5. The average Bonchev–Trinajstić information content (AvgIpc) is 3.05. The zero-order valence-corrected chi connectivity index (χ0v) is 12.9. The first kappa shape index (κ1) is 14.0. The third kappa shape index (κ3) is 3.06. The molecule has 2 N–H and O–H groups in total. The first-order chi connectivity index (χ1) is 10.3. The van der Waals surface area contributed by atoms with Crippen molar-refractivity contribution in [1.29, 1.82) is 0 Å². The Hall–Kier alpha value is -1.91. The first-order valence-corrected chi connectivity index (χ1v) is 7.98. The van der Waals surface area contributed by atoms with Crippen LogP contribution in [0.2, 0.25) is 0 Å². The number of benzene rings is 1. The summed E-state index contributed by atoms with van der Waals surface area (Å²) in [5, 5.41) is 3.31. The van der Waals surface area contributed by atoms with Gasteiger partial charge in [-0.05, 0) is 30.0 Å². The number of hydrogen-bond acceptors (Lipinski definition) is 4. The minimum atomic E-state index is 0.469. The lowest BCUT2D eigenvalue weighted by atomic mass is 10.1. The molecule has 4 heteroatoms. The lowest BCUT2D eigenvalue weighted by Crippen LogP contribution is -2.21. The number of thiophene rings is 1. The smallest absolute Gasteiger partial charge is 0.0726 e. The molecule has 21 heavy (non-hydrogen) atoms. The molecule has 0 bridgehead atoms. The number of nitrogens with zero attached hydrogens (tertiary/aromatic N) is 2. The SMILES string of the molecule is CN(CCc1cccs1)c1cc(CN)nc2ccccc12. The standard InChI is InChI=1S/C17H19N3S/c1-20(9-8-14-5-4-10-21-14)17-11-13(12-18)19-16-7-3-2-6-15(16)17/h2-7,10-11H,8-9,12,18H2,1H3. The maximum Gasteiger partial charge on any atom is 0.0726 e. The molecule has 3 rings (SSSR count). The van der Waals surface area contributed by atoms with Crippen LogP contribution in [0.5, 0.6) is 0 Å². The molecular formula is C17H19N3S. The average molecular weight is 297 g/mol. The van der Waals surface area contributed by atoms with Gasteiger partial charge in [0.2, 0.25) is 0 Å². The van der Waals surface area contributed by atoms with E-state index in [0.29, 0.717) is 6.54 Å². The topological polar surface area (TPSA) is 42.1 Å². The van der Waals surface area contributed by atoms with Crippen LogP contribution in [0.4, 0.5) is 5.69 Å². The van der Waals surface area contributed by atoms with Gasteiger partial charge in [0, 0.05) is 36.1 Å². The monoisotopic (exact) mass is 297 g/mol. The van der Waals surface area contributed by atoms with Gasteiger partial charge in [-0.1, -0.05) is 24.3 Å². The Bertz CT molecular complexity index is 722. The summed E-state index contributed by atoms with van der Waals surface area (Å²) in [6.45, 7) is 1.45. The second-order valence-electron chi connectivity index (χ2n) is 5.10. The van der Waals surface area contributed by atoms with E-state index in [2.05, 4.69) is 52.6 Å². The maximum absolute atomic E-state index is 5.78. The van der Waals surface area contributed by atoms with Crippen LogP contribution < -0.4 is 10.6 Å². The number of pyridine rings is 1. The number of para-hydroxylation sites is 1. The Morgan fingerprint density at radius 3 is 2.81 bits per heavy atom. The quantitative estimate of drug-likeness (QED) is 0.784. The molecule has 0 atom stereocenters. The number of aromatic nitrogens is 1.